The molecule has 0 bridgehead atoms. The topological polar surface area (TPSA) is 102 Å². The van der Waals surface area contributed by atoms with E-state index in [0.717, 1.165) is 42.0 Å². The molecule has 1 aliphatic rings. The van der Waals surface area contributed by atoms with Gasteiger partial charge in [-0.25, -0.2) is 9.78 Å². The fraction of sp³-hybridized carbons (Fsp3) is 0.450. The molecule has 7 nitrogen and oxygen atoms in total. The summed E-state index contributed by atoms with van der Waals surface area (Å²) in [5.41, 5.74) is 3.21. The molecule has 1 aromatic heterocycles. The Morgan fingerprint density at radius 3 is 2.61 bits per heavy atom. The third-order valence-corrected chi connectivity index (χ3v) is 4.73. The van der Waals surface area contributed by atoms with Crippen molar-refractivity contribution in [1.82, 2.24) is 9.55 Å². The highest BCUT2D eigenvalue weighted by atomic mass is 35.5. The quantitative estimate of drug-likeness (QED) is 0.703. The van der Waals surface area contributed by atoms with Crippen molar-refractivity contribution in [3.63, 3.8) is 0 Å². The smallest absolute Gasteiger partial charge is 0.329 e. The first kappa shape index (κ1) is 21.9. The Bertz CT molecular complexity index is 802. The molecule has 8 heteroatoms. The van der Waals surface area contributed by atoms with Crippen molar-refractivity contribution in [3.8, 4) is 0 Å². The van der Waals surface area contributed by atoms with Crippen molar-refractivity contribution in [2.24, 2.45) is 0 Å². The molecule has 0 saturated heterocycles. The molecule has 1 aromatic carbocycles. The first-order chi connectivity index (χ1) is 13.4. The molecule has 28 heavy (non-hydrogen) atoms. The fourth-order valence-electron chi connectivity index (χ4n) is 3.38. The average Bonchev–Trinajstić information content (AvgIpc) is 3.02. The molecule has 1 aliphatic carbocycles. The summed E-state index contributed by atoms with van der Waals surface area (Å²) in [5.74, 6) is 0.351. The zero-order valence-corrected chi connectivity index (χ0v) is 16.7. The number of hydrogen-bond acceptors (Lipinski definition) is 4. The third-order valence-electron chi connectivity index (χ3n) is 4.48. The van der Waals surface area contributed by atoms with E-state index in [4.69, 9.17) is 36.3 Å². The Balaban J connectivity index is 0.000000878. The number of carbonyl (C=O) groups is 2. The molecular formula is C20H25ClN2O5. The first-order valence-electron chi connectivity index (χ1n) is 9.12. The maximum Gasteiger partial charge on any atom is 0.329 e. The second-order valence-corrected chi connectivity index (χ2v) is 7.30. The van der Waals surface area contributed by atoms with Gasteiger partial charge >= 0.3 is 5.97 Å². The number of fused-ring (bicyclic) bond motifs is 1. The molecule has 3 rings (SSSR count). The average molecular weight is 409 g/mol. The van der Waals surface area contributed by atoms with E-state index >= 15 is 0 Å². The number of carboxylic acids is 1. The van der Waals surface area contributed by atoms with Gasteiger partial charge in [-0.1, -0.05) is 37.6 Å². The SMILES string of the molecule is CC(C)c1nc2c(n1Cc1ccc(Cl)cc1)C(OCC(=O)O)CCC2.O=CO. The van der Waals surface area contributed by atoms with Crippen LogP contribution < -0.4 is 0 Å². The number of aryl methyl sites for hydroxylation is 1. The molecule has 1 unspecified atom stereocenters. The van der Waals surface area contributed by atoms with Gasteiger partial charge in [0.1, 0.15) is 18.5 Å². The maximum absolute atomic E-state index is 10.9. The summed E-state index contributed by atoms with van der Waals surface area (Å²) in [6.07, 6.45) is 2.49. The van der Waals surface area contributed by atoms with Gasteiger partial charge in [0, 0.05) is 17.5 Å². The van der Waals surface area contributed by atoms with Crippen LogP contribution >= 0.6 is 11.6 Å². The number of aliphatic carboxylic acids is 1. The molecule has 0 radical (unpaired) electrons. The zero-order valence-electron chi connectivity index (χ0n) is 16.0. The maximum atomic E-state index is 10.9. The minimum absolute atomic E-state index is 0.216. The predicted octanol–water partition coefficient (Wildman–Crippen LogP) is 3.89. The third kappa shape index (κ3) is 5.56. The number of imidazole rings is 1. The summed E-state index contributed by atoms with van der Waals surface area (Å²) >= 11 is 5.99. The fourth-order valence-corrected chi connectivity index (χ4v) is 3.51. The Morgan fingerprint density at radius 2 is 2.04 bits per heavy atom. The Kier molecular flexibility index (Phi) is 8.02. The highest BCUT2D eigenvalue weighted by molar-refractivity contribution is 6.30. The van der Waals surface area contributed by atoms with E-state index in [2.05, 4.69) is 18.4 Å². The van der Waals surface area contributed by atoms with E-state index in [1.165, 1.54) is 0 Å². The summed E-state index contributed by atoms with van der Waals surface area (Å²) < 4.78 is 7.88. The van der Waals surface area contributed by atoms with Crippen LogP contribution in [0.3, 0.4) is 0 Å². The minimum atomic E-state index is -0.944. The normalized spacial score (nSPS) is 15.5. The molecule has 0 fully saturated rings. The van der Waals surface area contributed by atoms with Gasteiger partial charge in [0.15, 0.2) is 0 Å². The van der Waals surface area contributed by atoms with Gasteiger partial charge in [-0.2, -0.15) is 0 Å². The highest BCUT2D eigenvalue weighted by Gasteiger charge is 2.29. The Morgan fingerprint density at radius 1 is 1.39 bits per heavy atom. The van der Waals surface area contributed by atoms with E-state index in [1.807, 2.05) is 24.3 Å². The number of nitrogens with zero attached hydrogens (tertiary/aromatic N) is 2. The van der Waals surface area contributed by atoms with Crippen molar-refractivity contribution in [2.75, 3.05) is 6.61 Å². The number of rotatable bonds is 6. The molecule has 1 atom stereocenters. The number of ether oxygens (including phenoxy) is 1. The Labute approximate surface area is 168 Å². The highest BCUT2D eigenvalue weighted by Crippen LogP contribution is 2.35. The van der Waals surface area contributed by atoms with E-state index in [9.17, 15) is 4.79 Å². The van der Waals surface area contributed by atoms with Crippen molar-refractivity contribution in [2.45, 2.75) is 51.7 Å². The Hall–Kier alpha value is -2.38. The van der Waals surface area contributed by atoms with Crippen LogP contribution in [0.2, 0.25) is 5.02 Å². The zero-order chi connectivity index (χ0) is 20.7. The molecule has 0 aliphatic heterocycles. The number of benzene rings is 1. The van der Waals surface area contributed by atoms with Gasteiger partial charge in [-0.15, -0.1) is 0 Å². The summed E-state index contributed by atoms with van der Waals surface area (Å²) in [5, 5.41) is 16.6. The van der Waals surface area contributed by atoms with Crippen LogP contribution in [0.4, 0.5) is 0 Å². The lowest BCUT2D eigenvalue weighted by molar-refractivity contribution is -0.145. The summed E-state index contributed by atoms with van der Waals surface area (Å²) in [6.45, 7) is 4.39. The number of carboxylic acid groups (broad SMARTS) is 2. The molecule has 2 N–H and O–H groups in total. The minimum Gasteiger partial charge on any atom is -0.483 e. The number of aromatic nitrogens is 2. The molecule has 0 spiro atoms. The van der Waals surface area contributed by atoms with E-state index in [1.54, 1.807) is 0 Å². The lowest BCUT2D eigenvalue weighted by Crippen LogP contribution is -2.21. The van der Waals surface area contributed by atoms with Crippen LogP contribution in [0, 0.1) is 0 Å². The van der Waals surface area contributed by atoms with Crippen LogP contribution in [-0.2, 0) is 27.3 Å². The van der Waals surface area contributed by atoms with Gasteiger partial charge in [-0.3, -0.25) is 4.79 Å². The summed E-state index contributed by atoms with van der Waals surface area (Å²) in [4.78, 5) is 24.1. The number of halogens is 1. The standard InChI is InChI=1S/C19H23ClN2O3.CH2O2/c1-12(2)19-21-15-4-3-5-16(25-11-17(23)24)18(15)22(19)10-13-6-8-14(20)9-7-13;2-1-3/h6-9,12,16H,3-5,10-11H2,1-2H3,(H,23,24);1H,(H,2,3). The second-order valence-electron chi connectivity index (χ2n) is 6.86. The van der Waals surface area contributed by atoms with Crippen LogP contribution in [0.15, 0.2) is 24.3 Å². The summed E-state index contributed by atoms with van der Waals surface area (Å²) in [6, 6.07) is 7.78. The van der Waals surface area contributed by atoms with E-state index < -0.39 is 5.97 Å². The second kappa shape index (κ2) is 10.2. The van der Waals surface area contributed by atoms with Gasteiger partial charge in [0.2, 0.25) is 0 Å². The van der Waals surface area contributed by atoms with Gasteiger partial charge in [0.25, 0.3) is 6.47 Å². The van der Waals surface area contributed by atoms with Crippen LogP contribution in [0.25, 0.3) is 0 Å². The first-order valence-corrected chi connectivity index (χ1v) is 9.50. The van der Waals surface area contributed by atoms with Gasteiger partial charge in [0.05, 0.1) is 11.4 Å². The molecule has 152 valence electrons. The van der Waals surface area contributed by atoms with Crippen LogP contribution in [0.1, 0.15) is 61.5 Å². The van der Waals surface area contributed by atoms with Crippen molar-refractivity contribution in [1.29, 1.82) is 0 Å². The molecule has 0 saturated carbocycles. The molecule has 0 amide bonds. The van der Waals surface area contributed by atoms with Crippen LogP contribution in [-0.4, -0.2) is 38.8 Å². The van der Waals surface area contributed by atoms with Crippen molar-refractivity contribution in [3.05, 3.63) is 52.1 Å². The van der Waals surface area contributed by atoms with Gasteiger partial charge in [-0.05, 0) is 37.0 Å². The molecule has 2 aromatic rings. The summed E-state index contributed by atoms with van der Waals surface area (Å²) in [7, 11) is 0. The van der Waals surface area contributed by atoms with E-state index in [0.29, 0.717) is 11.6 Å². The van der Waals surface area contributed by atoms with Crippen LogP contribution in [0.5, 0.6) is 0 Å². The largest absolute Gasteiger partial charge is 0.483 e. The lowest BCUT2D eigenvalue weighted by atomic mass is 9.98. The number of hydrogen-bond donors (Lipinski definition) is 2. The van der Waals surface area contributed by atoms with Crippen molar-refractivity contribution >= 4 is 24.0 Å². The molecular weight excluding hydrogens is 384 g/mol. The predicted molar refractivity (Wildman–Crippen MR) is 105 cm³/mol. The lowest BCUT2D eigenvalue weighted by Gasteiger charge is -2.25. The van der Waals surface area contributed by atoms with Crippen molar-refractivity contribution < 1.29 is 24.5 Å². The van der Waals surface area contributed by atoms with E-state index in [-0.39, 0.29) is 25.1 Å². The van der Waals surface area contributed by atoms with Gasteiger partial charge < -0.3 is 19.5 Å². The monoisotopic (exact) mass is 408 g/mol. The molecule has 1 heterocycles.